The molecule has 0 spiro atoms. The summed E-state index contributed by atoms with van der Waals surface area (Å²) >= 11 is 0. The molecule has 0 unspecified atom stereocenters. The van der Waals surface area contributed by atoms with Crippen LogP contribution in [0, 0.1) is 6.92 Å². The van der Waals surface area contributed by atoms with Gasteiger partial charge in [0, 0.05) is 12.8 Å². The summed E-state index contributed by atoms with van der Waals surface area (Å²) in [6, 6.07) is 4.92. The molecule has 5 heteroatoms. The van der Waals surface area contributed by atoms with E-state index in [9.17, 15) is 9.59 Å². The number of aryl methyl sites for hydroxylation is 1. The fourth-order valence-corrected chi connectivity index (χ4v) is 1.37. The summed E-state index contributed by atoms with van der Waals surface area (Å²) in [5, 5.41) is 2.68. The van der Waals surface area contributed by atoms with E-state index in [1.165, 1.54) is 14.2 Å². The van der Waals surface area contributed by atoms with Crippen molar-refractivity contribution in [2.45, 2.75) is 6.92 Å². The molecule has 0 saturated carbocycles. The number of methoxy groups -OCH3 is 2. The molecule has 0 atom stereocenters. The third kappa shape index (κ3) is 3.57. The first-order valence-corrected chi connectivity index (χ1v) is 5.06. The predicted molar refractivity (Wildman–Crippen MR) is 63.0 cm³/mol. The number of hydrogen-bond donors (Lipinski definition) is 1. The summed E-state index contributed by atoms with van der Waals surface area (Å²) in [4.78, 5) is 22.6. The molecule has 0 fully saturated rings. The highest BCUT2D eigenvalue weighted by molar-refractivity contribution is 5.94. The van der Waals surface area contributed by atoms with Gasteiger partial charge < -0.3 is 14.8 Å². The first kappa shape index (κ1) is 13.2. The number of hydrogen-bond acceptors (Lipinski definition) is 4. The summed E-state index contributed by atoms with van der Waals surface area (Å²) in [7, 11) is 2.78. The molecule has 1 amide bonds. The van der Waals surface area contributed by atoms with E-state index in [0.29, 0.717) is 11.3 Å². The minimum absolute atomic E-state index is 0.00179. The lowest BCUT2D eigenvalue weighted by molar-refractivity contribution is -0.119. The van der Waals surface area contributed by atoms with Gasteiger partial charge in [-0.2, -0.15) is 0 Å². The third-order valence-electron chi connectivity index (χ3n) is 2.20. The minimum atomic E-state index is -0.400. The second-order valence-corrected chi connectivity index (χ2v) is 3.50. The molecule has 0 aliphatic heterocycles. The van der Waals surface area contributed by atoms with Gasteiger partial charge in [-0.15, -0.1) is 0 Å². The number of carbonyl (C=O) groups excluding carboxylic acids is 2. The number of ether oxygens (including phenoxy) is 2. The SMILES string of the molecule is COCC(=O)Nc1ccc(C(=O)OC)cc1C. The van der Waals surface area contributed by atoms with Crippen LogP contribution >= 0.6 is 0 Å². The number of amides is 1. The standard InChI is InChI=1S/C12H15NO4/c1-8-6-9(12(15)17-3)4-5-10(8)13-11(14)7-16-2/h4-6H,7H2,1-3H3,(H,13,14). The molecule has 17 heavy (non-hydrogen) atoms. The van der Waals surface area contributed by atoms with E-state index in [2.05, 4.69) is 10.1 Å². The van der Waals surface area contributed by atoms with Crippen molar-refractivity contribution in [2.75, 3.05) is 26.1 Å². The van der Waals surface area contributed by atoms with E-state index in [0.717, 1.165) is 5.56 Å². The Bertz CT molecular complexity index is 429. The van der Waals surface area contributed by atoms with E-state index in [1.807, 2.05) is 0 Å². The molecule has 0 saturated heterocycles. The predicted octanol–water partition coefficient (Wildman–Crippen LogP) is 1.37. The molecule has 0 aliphatic carbocycles. The largest absolute Gasteiger partial charge is 0.465 e. The molecule has 0 heterocycles. The molecule has 0 bridgehead atoms. The lowest BCUT2D eigenvalue weighted by Crippen LogP contribution is -2.18. The molecule has 0 aliphatic rings. The van der Waals surface area contributed by atoms with Crippen molar-refractivity contribution >= 4 is 17.6 Å². The van der Waals surface area contributed by atoms with Gasteiger partial charge in [-0.1, -0.05) is 0 Å². The van der Waals surface area contributed by atoms with Crippen LogP contribution in [0.5, 0.6) is 0 Å². The van der Waals surface area contributed by atoms with Gasteiger partial charge in [0.05, 0.1) is 12.7 Å². The zero-order chi connectivity index (χ0) is 12.8. The van der Waals surface area contributed by atoms with Gasteiger partial charge in [0.25, 0.3) is 0 Å². The lowest BCUT2D eigenvalue weighted by atomic mass is 10.1. The van der Waals surface area contributed by atoms with Gasteiger partial charge in [-0.3, -0.25) is 4.79 Å². The fourth-order valence-electron chi connectivity index (χ4n) is 1.37. The van der Waals surface area contributed by atoms with Crippen LogP contribution in [-0.4, -0.2) is 32.7 Å². The summed E-state index contributed by atoms with van der Waals surface area (Å²) in [5.74, 6) is -0.635. The molecule has 5 nitrogen and oxygen atoms in total. The first-order valence-electron chi connectivity index (χ1n) is 5.06. The van der Waals surface area contributed by atoms with E-state index in [1.54, 1.807) is 25.1 Å². The summed E-state index contributed by atoms with van der Waals surface area (Å²) in [6.07, 6.45) is 0. The maximum absolute atomic E-state index is 11.3. The van der Waals surface area contributed by atoms with Crippen LogP contribution in [0.15, 0.2) is 18.2 Å². The van der Waals surface area contributed by atoms with Gasteiger partial charge in [0.1, 0.15) is 6.61 Å². The second-order valence-electron chi connectivity index (χ2n) is 3.50. The molecule has 1 aromatic carbocycles. The van der Waals surface area contributed by atoms with Crippen molar-refractivity contribution in [2.24, 2.45) is 0 Å². The van der Waals surface area contributed by atoms with Gasteiger partial charge >= 0.3 is 5.97 Å². The smallest absolute Gasteiger partial charge is 0.337 e. The minimum Gasteiger partial charge on any atom is -0.465 e. The normalized spacial score (nSPS) is 9.82. The van der Waals surface area contributed by atoms with Gasteiger partial charge in [0.2, 0.25) is 5.91 Å². The molecular weight excluding hydrogens is 222 g/mol. The average molecular weight is 237 g/mol. The maximum Gasteiger partial charge on any atom is 0.337 e. The van der Waals surface area contributed by atoms with Gasteiger partial charge in [0.15, 0.2) is 0 Å². The number of esters is 1. The van der Waals surface area contributed by atoms with E-state index in [4.69, 9.17) is 4.74 Å². The Hall–Kier alpha value is -1.88. The Morgan fingerprint density at radius 2 is 2.00 bits per heavy atom. The molecule has 1 N–H and O–H groups in total. The van der Waals surface area contributed by atoms with Gasteiger partial charge in [-0.05, 0) is 30.7 Å². The molecular formula is C12H15NO4. The number of benzene rings is 1. The highest BCUT2D eigenvalue weighted by atomic mass is 16.5. The van der Waals surface area contributed by atoms with Crippen molar-refractivity contribution in [1.29, 1.82) is 0 Å². The molecule has 1 aromatic rings. The van der Waals surface area contributed by atoms with Crippen molar-refractivity contribution in [3.8, 4) is 0 Å². The molecule has 1 rings (SSSR count). The van der Waals surface area contributed by atoms with E-state index < -0.39 is 5.97 Å². The fraction of sp³-hybridized carbons (Fsp3) is 0.333. The monoisotopic (exact) mass is 237 g/mol. The Morgan fingerprint density at radius 3 is 2.53 bits per heavy atom. The molecule has 92 valence electrons. The zero-order valence-electron chi connectivity index (χ0n) is 10.1. The van der Waals surface area contributed by atoms with Gasteiger partial charge in [-0.25, -0.2) is 4.79 Å². The van der Waals surface area contributed by atoms with Crippen LogP contribution in [-0.2, 0) is 14.3 Å². The van der Waals surface area contributed by atoms with E-state index in [-0.39, 0.29) is 12.5 Å². The second kappa shape index (κ2) is 6.00. The third-order valence-corrected chi connectivity index (χ3v) is 2.20. The topological polar surface area (TPSA) is 64.6 Å². The molecule has 0 radical (unpaired) electrons. The average Bonchev–Trinajstić information content (AvgIpc) is 2.31. The van der Waals surface area contributed by atoms with Crippen molar-refractivity contribution in [3.63, 3.8) is 0 Å². The summed E-state index contributed by atoms with van der Waals surface area (Å²) < 4.78 is 9.31. The highest BCUT2D eigenvalue weighted by Crippen LogP contribution is 2.17. The van der Waals surface area contributed by atoms with Crippen LogP contribution in [0.1, 0.15) is 15.9 Å². The van der Waals surface area contributed by atoms with Crippen LogP contribution in [0.25, 0.3) is 0 Å². The van der Waals surface area contributed by atoms with E-state index >= 15 is 0 Å². The highest BCUT2D eigenvalue weighted by Gasteiger charge is 2.09. The first-order chi connectivity index (χ1) is 8.08. The van der Waals surface area contributed by atoms with Crippen LogP contribution < -0.4 is 5.32 Å². The number of nitrogens with one attached hydrogen (secondary N) is 1. The Kier molecular flexibility index (Phi) is 4.66. The maximum atomic E-state index is 11.3. The van der Waals surface area contributed by atoms with Crippen molar-refractivity contribution in [3.05, 3.63) is 29.3 Å². The van der Waals surface area contributed by atoms with Crippen molar-refractivity contribution in [1.82, 2.24) is 0 Å². The Balaban J connectivity index is 2.83. The number of rotatable bonds is 4. The summed E-state index contributed by atoms with van der Waals surface area (Å²) in [6.45, 7) is 1.80. The van der Waals surface area contributed by atoms with Crippen LogP contribution in [0.4, 0.5) is 5.69 Å². The van der Waals surface area contributed by atoms with Crippen LogP contribution in [0.3, 0.4) is 0 Å². The van der Waals surface area contributed by atoms with Crippen LogP contribution in [0.2, 0.25) is 0 Å². The van der Waals surface area contributed by atoms with Crippen molar-refractivity contribution < 1.29 is 19.1 Å². The quantitative estimate of drug-likeness (QED) is 0.803. The number of carbonyl (C=O) groups is 2. The summed E-state index contributed by atoms with van der Waals surface area (Å²) in [5.41, 5.74) is 1.90. The zero-order valence-corrected chi connectivity index (χ0v) is 10.1. The number of anilines is 1. The Labute approximate surface area is 99.7 Å². The molecule has 0 aromatic heterocycles. The Morgan fingerprint density at radius 1 is 1.29 bits per heavy atom. The lowest BCUT2D eigenvalue weighted by Gasteiger charge is -2.09.